The molecule has 0 bridgehead atoms. The minimum absolute atomic E-state index is 0.0911. The van der Waals surface area contributed by atoms with Crippen LogP contribution in [0.4, 0.5) is 0 Å². The average Bonchev–Trinajstić information content (AvgIpc) is 3.32. The highest BCUT2D eigenvalue weighted by molar-refractivity contribution is 7.89. The van der Waals surface area contributed by atoms with E-state index in [1.54, 1.807) is 42.6 Å². The number of nitrogens with one attached hydrogen (secondary N) is 2. The molecule has 4 rings (SSSR count). The smallest absolute Gasteiger partial charge is 0.258 e. The highest BCUT2D eigenvalue weighted by atomic mass is 32.2. The lowest BCUT2D eigenvalue weighted by atomic mass is 10.2. The molecule has 2 aromatic heterocycles. The summed E-state index contributed by atoms with van der Waals surface area (Å²) >= 11 is 1.58. The Bertz CT molecular complexity index is 1430. The van der Waals surface area contributed by atoms with E-state index >= 15 is 0 Å². The van der Waals surface area contributed by atoms with Crippen molar-refractivity contribution in [1.82, 2.24) is 19.6 Å². The number of hydrogen-bond acceptors (Lipinski definition) is 6. The number of nitrogens with zero attached hydrogens (tertiary/aromatic N) is 2. The summed E-state index contributed by atoms with van der Waals surface area (Å²) in [7, 11) is -2.08. The molecule has 0 saturated carbocycles. The van der Waals surface area contributed by atoms with Gasteiger partial charge in [-0.25, -0.2) is 18.1 Å². The van der Waals surface area contributed by atoms with E-state index in [-0.39, 0.29) is 22.9 Å². The van der Waals surface area contributed by atoms with Crippen molar-refractivity contribution >= 4 is 38.2 Å². The summed E-state index contributed by atoms with van der Waals surface area (Å²) in [6.07, 6.45) is 0.614. The van der Waals surface area contributed by atoms with E-state index in [0.717, 1.165) is 4.88 Å². The van der Waals surface area contributed by atoms with Gasteiger partial charge in [0.15, 0.2) is 0 Å². The number of carbonyl (C=O) groups is 1. The van der Waals surface area contributed by atoms with Crippen molar-refractivity contribution in [3.63, 3.8) is 0 Å². The Morgan fingerprint density at radius 2 is 1.85 bits per heavy atom. The number of amides is 1. The first-order valence-corrected chi connectivity index (χ1v) is 12.6. The summed E-state index contributed by atoms with van der Waals surface area (Å²) in [6, 6.07) is 16.6. The summed E-state index contributed by atoms with van der Waals surface area (Å²) in [4.78, 5) is 34.7. The number of thiophene rings is 1. The van der Waals surface area contributed by atoms with Crippen LogP contribution in [0.15, 0.2) is 75.7 Å². The number of fused-ring (bicyclic) bond motifs is 1. The SMILES string of the molecule is CN(Cc1nc2ccccc2c(=O)[nH]1)C(=O)c1ccc(S(=O)(=O)NCCc2cccs2)cc1. The number of benzene rings is 2. The number of hydrogen-bond donors (Lipinski definition) is 2. The maximum Gasteiger partial charge on any atom is 0.258 e. The highest BCUT2D eigenvalue weighted by Gasteiger charge is 2.17. The van der Waals surface area contributed by atoms with Crippen molar-refractivity contribution in [3.8, 4) is 0 Å². The first kappa shape index (κ1) is 22.8. The number of H-pyrrole nitrogens is 1. The van der Waals surface area contributed by atoms with Gasteiger partial charge in [-0.3, -0.25) is 9.59 Å². The van der Waals surface area contributed by atoms with E-state index in [2.05, 4.69) is 14.7 Å². The Morgan fingerprint density at radius 1 is 1.09 bits per heavy atom. The van der Waals surface area contributed by atoms with Crippen molar-refractivity contribution in [2.24, 2.45) is 0 Å². The predicted octanol–water partition coefficient (Wildman–Crippen LogP) is 2.78. The van der Waals surface area contributed by atoms with Gasteiger partial charge in [-0.1, -0.05) is 18.2 Å². The Kier molecular flexibility index (Phi) is 6.68. The van der Waals surface area contributed by atoms with E-state index in [4.69, 9.17) is 0 Å². The first-order valence-electron chi connectivity index (χ1n) is 10.2. The van der Waals surface area contributed by atoms with Gasteiger partial charge in [0.2, 0.25) is 10.0 Å². The largest absolute Gasteiger partial charge is 0.334 e. The molecule has 0 aliphatic heterocycles. The van der Waals surface area contributed by atoms with Crippen LogP contribution in [0.25, 0.3) is 10.9 Å². The fraction of sp³-hybridized carbons (Fsp3) is 0.174. The molecular formula is C23H22N4O4S2. The van der Waals surface area contributed by atoms with Gasteiger partial charge in [0, 0.05) is 24.0 Å². The van der Waals surface area contributed by atoms with Crippen LogP contribution in [0.5, 0.6) is 0 Å². The zero-order valence-corrected chi connectivity index (χ0v) is 19.4. The molecule has 0 radical (unpaired) electrons. The Hall–Kier alpha value is -3.34. The van der Waals surface area contributed by atoms with Crippen LogP contribution in [0, 0.1) is 0 Å². The minimum atomic E-state index is -3.67. The summed E-state index contributed by atoms with van der Waals surface area (Å²) in [5.41, 5.74) is 0.619. The maximum atomic E-state index is 12.8. The second-order valence-electron chi connectivity index (χ2n) is 7.44. The van der Waals surface area contributed by atoms with E-state index < -0.39 is 10.0 Å². The lowest BCUT2D eigenvalue weighted by Gasteiger charge is -2.17. The van der Waals surface area contributed by atoms with E-state index in [1.807, 2.05) is 17.5 Å². The predicted molar refractivity (Wildman–Crippen MR) is 128 cm³/mol. The summed E-state index contributed by atoms with van der Waals surface area (Å²) in [5.74, 6) is 0.0455. The van der Waals surface area contributed by atoms with E-state index in [0.29, 0.717) is 35.3 Å². The van der Waals surface area contributed by atoms with E-state index in [9.17, 15) is 18.0 Å². The van der Waals surface area contributed by atoms with Gasteiger partial charge in [0.25, 0.3) is 11.5 Å². The van der Waals surface area contributed by atoms with Crippen LogP contribution in [-0.2, 0) is 23.0 Å². The lowest BCUT2D eigenvalue weighted by molar-refractivity contribution is 0.0781. The number of carbonyl (C=O) groups excluding carboxylic acids is 1. The zero-order chi connectivity index (χ0) is 23.4. The third-order valence-corrected chi connectivity index (χ3v) is 7.46. The third kappa shape index (κ3) is 5.36. The van der Waals surface area contributed by atoms with Crippen molar-refractivity contribution < 1.29 is 13.2 Å². The number of aromatic nitrogens is 2. The number of sulfonamides is 1. The summed E-state index contributed by atoms with van der Waals surface area (Å²) < 4.78 is 27.6. The van der Waals surface area contributed by atoms with Gasteiger partial charge in [0.05, 0.1) is 22.3 Å². The molecule has 170 valence electrons. The fourth-order valence-corrected chi connectivity index (χ4v) is 5.09. The van der Waals surface area contributed by atoms with Crippen LogP contribution in [-0.4, -0.2) is 42.8 Å². The van der Waals surface area contributed by atoms with E-state index in [1.165, 1.54) is 29.2 Å². The van der Waals surface area contributed by atoms with Crippen LogP contribution >= 0.6 is 11.3 Å². The number of aromatic amines is 1. The Balaban J connectivity index is 1.41. The van der Waals surface area contributed by atoms with Gasteiger partial charge in [0.1, 0.15) is 5.82 Å². The van der Waals surface area contributed by atoms with Crippen LogP contribution in [0.1, 0.15) is 21.1 Å². The quantitative estimate of drug-likeness (QED) is 0.401. The lowest BCUT2D eigenvalue weighted by Crippen LogP contribution is -2.28. The zero-order valence-electron chi connectivity index (χ0n) is 17.8. The first-order chi connectivity index (χ1) is 15.8. The molecule has 4 aromatic rings. The summed E-state index contributed by atoms with van der Waals surface area (Å²) in [6.45, 7) is 0.395. The van der Waals surface area contributed by atoms with Crippen LogP contribution < -0.4 is 10.3 Å². The Morgan fingerprint density at radius 3 is 2.58 bits per heavy atom. The molecule has 8 nitrogen and oxygen atoms in total. The second-order valence-corrected chi connectivity index (χ2v) is 10.2. The average molecular weight is 483 g/mol. The van der Waals surface area contributed by atoms with Crippen LogP contribution in [0.3, 0.4) is 0 Å². The maximum absolute atomic E-state index is 12.8. The van der Waals surface area contributed by atoms with Gasteiger partial charge < -0.3 is 9.88 Å². The van der Waals surface area contributed by atoms with Gasteiger partial charge in [-0.15, -0.1) is 11.3 Å². The molecule has 1 amide bonds. The van der Waals surface area contributed by atoms with Crippen LogP contribution in [0.2, 0.25) is 0 Å². The third-order valence-electron chi connectivity index (χ3n) is 5.05. The molecule has 2 heterocycles. The molecule has 0 saturated heterocycles. The van der Waals surface area contributed by atoms with Crippen molar-refractivity contribution in [2.45, 2.75) is 17.9 Å². The Labute approximate surface area is 195 Å². The molecule has 2 N–H and O–H groups in total. The normalized spacial score (nSPS) is 11.5. The molecular weight excluding hydrogens is 460 g/mol. The number of para-hydroxylation sites is 1. The van der Waals surface area contributed by atoms with Crippen molar-refractivity contribution in [3.05, 3.63) is 92.7 Å². The molecule has 0 unspecified atom stereocenters. The molecule has 2 aromatic carbocycles. The molecule has 33 heavy (non-hydrogen) atoms. The van der Waals surface area contributed by atoms with Gasteiger partial charge in [-0.2, -0.15) is 0 Å². The molecule has 0 fully saturated rings. The number of rotatable bonds is 8. The monoisotopic (exact) mass is 482 g/mol. The molecule has 10 heteroatoms. The summed E-state index contributed by atoms with van der Waals surface area (Å²) in [5, 5.41) is 2.43. The fourth-order valence-electron chi connectivity index (χ4n) is 3.35. The molecule has 0 aliphatic carbocycles. The highest BCUT2D eigenvalue weighted by Crippen LogP contribution is 2.14. The topological polar surface area (TPSA) is 112 Å². The minimum Gasteiger partial charge on any atom is -0.334 e. The molecule has 0 spiro atoms. The molecule has 0 atom stereocenters. The molecule has 0 aliphatic rings. The van der Waals surface area contributed by atoms with Crippen molar-refractivity contribution in [1.29, 1.82) is 0 Å². The standard InChI is InChI=1S/C23H22N4O4S2/c1-27(15-21-25-20-7-3-2-6-19(20)22(28)26-21)23(29)16-8-10-18(11-9-16)33(30,31)24-13-12-17-5-4-14-32-17/h2-11,14,24H,12-13,15H2,1H3,(H,25,26,28). The second kappa shape index (κ2) is 9.65. The van der Waals surface area contributed by atoms with Crippen molar-refractivity contribution in [2.75, 3.05) is 13.6 Å². The van der Waals surface area contributed by atoms with Gasteiger partial charge >= 0.3 is 0 Å². The van der Waals surface area contributed by atoms with Gasteiger partial charge in [-0.05, 0) is 54.3 Å².